The summed E-state index contributed by atoms with van der Waals surface area (Å²) in [5.41, 5.74) is 0. The Kier molecular flexibility index (Phi) is 9.61. The molecule has 0 aromatic heterocycles. The molecule has 0 aliphatic carbocycles. The van der Waals surface area contributed by atoms with Crippen LogP contribution in [0.1, 0.15) is 13.8 Å². The molecule has 1 N–H and O–H groups in total. The molecule has 210 valence electrons. The normalized spacial score (nSPS) is 13.0. The van der Waals surface area contributed by atoms with Gasteiger partial charge in [-0.1, -0.05) is 121 Å². The number of hydrogen-bond donors (Lipinski definition) is 1. The van der Waals surface area contributed by atoms with Crippen molar-refractivity contribution in [2.45, 2.75) is 46.1 Å². The van der Waals surface area contributed by atoms with E-state index >= 15 is 0 Å². The van der Waals surface area contributed by atoms with Crippen molar-refractivity contribution in [2.24, 2.45) is 0 Å². The molecule has 5 nitrogen and oxygen atoms in total. The van der Waals surface area contributed by atoms with E-state index in [4.69, 9.17) is 16.8 Å². The molecule has 0 saturated carbocycles. The zero-order valence-corrected chi connectivity index (χ0v) is 28.2. The average molecular weight is 605 g/mol. The van der Waals surface area contributed by atoms with E-state index in [1.807, 2.05) is 111 Å². The van der Waals surface area contributed by atoms with Crippen molar-refractivity contribution in [1.29, 1.82) is 0 Å². The van der Waals surface area contributed by atoms with Gasteiger partial charge in [-0.3, -0.25) is 0 Å². The highest BCUT2D eigenvalue weighted by atomic mass is 28.5. The Morgan fingerprint density at radius 2 is 0.775 bits per heavy atom. The summed E-state index contributed by atoms with van der Waals surface area (Å²) < 4.78 is 28.5. The lowest BCUT2D eigenvalue weighted by Gasteiger charge is -2.45. The fourth-order valence-electron chi connectivity index (χ4n) is 4.97. The van der Waals surface area contributed by atoms with Crippen LogP contribution in [0.5, 0.6) is 0 Å². The monoisotopic (exact) mass is 604 g/mol. The van der Waals surface area contributed by atoms with Gasteiger partial charge in [-0.05, 0) is 60.8 Å². The van der Waals surface area contributed by atoms with E-state index in [-0.39, 0.29) is 6.10 Å². The van der Waals surface area contributed by atoms with Gasteiger partial charge in [0.2, 0.25) is 0 Å². The molecule has 0 fully saturated rings. The summed E-state index contributed by atoms with van der Waals surface area (Å²) >= 11 is 0. The Morgan fingerprint density at radius 3 is 1.05 bits per heavy atom. The van der Waals surface area contributed by atoms with Gasteiger partial charge in [0.25, 0.3) is 0 Å². The van der Waals surface area contributed by atoms with Crippen molar-refractivity contribution in [3.05, 3.63) is 121 Å². The molecule has 0 unspecified atom stereocenters. The molecule has 0 aliphatic rings. The Morgan fingerprint density at radius 1 is 0.475 bits per heavy atom. The molecule has 0 atom stereocenters. The van der Waals surface area contributed by atoms with E-state index in [0.29, 0.717) is 0 Å². The van der Waals surface area contributed by atoms with E-state index in [9.17, 15) is 4.80 Å². The Balaban J connectivity index is 2.09. The number of rotatable bonds is 12. The van der Waals surface area contributed by atoms with Crippen LogP contribution in [0.2, 0.25) is 26.2 Å². The van der Waals surface area contributed by atoms with Crippen molar-refractivity contribution in [3.8, 4) is 0 Å². The Labute approximate surface area is 243 Å². The minimum atomic E-state index is -3.61. The van der Waals surface area contributed by atoms with Gasteiger partial charge in [0.1, 0.15) is 0 Å². The Bertz CT molecular complexity index is 1250. The molecule has 4 aromatic carbocycles. The molecule has 40 heavy (non-hydrogen) atoms. The van der Waals surface area contributed by atoms with Gasteiger partial charge >= 0.3 is 34.2 Å². The average Bonchev–Trinajstić information content (AvgIpc) is 2.92. The molecule has 0 spiro atoms. The first-order chi connectivity index (χ1) is 19.0. The molecular weight excluding hydrogens is 565 g/mol. The van der Waals surface area contributed by atoms with Crippen molar-refractivity contribution in [2.75, 3.05) is 0 Å². The zero-order chi connectivity index (χ0) is 28.9. The van der Waals surface area contributed by atoms with Gasteiger partial charge in [0.15, 0.2) is 0 Å². The SMILES string of the molecule is CC(C)O[Si](C)(C)O[Si](O[Si](O[Si](C)(C)O)(c1ccccc1)c1ccccc1)(c1ccccc1)c1ccccc1. The van der Waals surface area contributed by atoms with Gasteiger partial charge in [-0.2, -0.15) is 0 Å². The summed E-state index contributed by atoms with van der Waals surface area (Å²) in [5, 5.41) is 3.73. The fraction of sp³-hybridized carbons (Fsp3) is 0.226. The second-order valence-electron chi connectivity index (χ2n) is 11.0. The maximum Gasteiger partial charge on any atom is 0.389 e. The van der Waals surface area contributed by atoms with Crippen LogP contribution in [0.4, 0.5) is 0 Å². The third-order valence-corrected chi connectivity index (χ3v) is 20.2. The van der Waals surface area contributed by atoms with Crippen molar-refractivity contribution < 1.29 is 21.6 Å². The third kappa shape index (κ3) is 7.24. The molecule has 0 aliphatic heterocycles. The first-order valence-electron chi connectivity index (χ1n) is 13.7. The first kappa shape index (κ1) is 30.5. The van der Waals surface area contributed by atoms with Crippen molar-refractivity contribution in [1.82, 2.24) is 0 Å². The lowest BCUT2D eigenvalue weighted by Crippen LogP contribution is -2.78. The largest absolute Gasteiger partial charge is 0.411 e. The van der Waals surface area contributed by atoms with Gasteiger partial charge in [0, 0.05) is 6.10 Å². The van der Waals surface area contributed by atoms with Crippen LogP contribution < -0.4 is 20.7 Å². The molecule has 0 bridgehead atoms. The quantitative estimate of drug-likeness (QED) is 0.244. The summed E-state index contributed by atoms with van der Waals surface area (Å²) in [6, 6.07) is 40.5. The second kappa shape index (κ2) is 12.6. The summed E-state index contributed by atoms with van der Waals surface area (Å²) in [4.78, 5) is 11.4. The van der Waals surface area contributed by atoms with Gasteiger partial charge in [-0.15, -0.1) is 0 Å². The third-order valence-electron chi connectivity index (χ3n) is 6.21. The molecule has 0 heterocycles. The number of benzene rings is 4. The molecule has 0 saturated heterocycles. The maximum atomic E-state index is 11.4. The summed E-state index contributed by atoms with van der Waals surface area (Å²) in [5.74, 6) is 0. The van der Waals surface area contributed by atoms with Crippen LogP contribution in [0.25, 0.3) is 0 Å². The van der Waals surface area contributed by atoms with E-state index < -0.39 is 34.2 Å². The second-order valence-corrected chi connectivity index (χ2v) is 24.2. The van der Waals surface area contributed by atoms with E-state index in [1.165, 1.54) is 0 Å². The minimum Gasteiger partial charge on any atom is -0.411 e. The van der Waals surface area contributed by atoms with Crippen LogP contribution in [-0.2, 0) is 16.8 Å². The highest BCUT2D eigenvalue weighted by Crippen LogP contribution is 2.26. The van der Waals surface area contributed by atoms with Gasteiger partial charge in [0.05, 0.1) is 0 Å². The van der Waals surface area contributed by atoms with Crippen LogP contribution in [0.15, 0.2) is 121 Å². The Hall–Kier alpha value is -2.45. The predicted molar refractivity (Wildman–Crippen MR) is 172 cm³/mol. The first-order valence-corrected chi connectivity index (χ1v) is 23.0. The molecule has 4 rings (SSSR count). The number of hydrogen-bond acceptors (Lipinski definition) is 5. The topological polar surface area (TPSA) is 57.2 Å². The van der Waals surface area contributed by atoms with Crippen LogP contribution in [0, 0.1) is 0 Å². The van der Waals surface area contributed by atoms with Crippen LogP contribution in [0.3, 0.4) is 0 Å². The van der Waals surface area contributed by atoms with E-state index in [2.05, 4.69) is 37.4 Å². The van der Waals surface area contributed by atoms with Crippen molar-refractivity contribution >= 4 is 55.0 Å². The highest BCUT2D eigenvalue weighted by Gasteiger charge is 2.58. The van der Waals surface area contributed by atoms with Crippen LogP contribution >= 0.6 is 0 Å². The molecule has 0 radical (unpaired) electrons. The molecule has 4 aromatic rings. The fourth-order valence-corrected chi connectivity index (χ4v) is 21.5. The highest BCUT2D eigenvalue weighted by molar-refractivity contribution is 7.08. The van der Waals surface area contributed by atoms with Gasteiger partial charge < -0.3 is 21.6 Å². The molecule has 9 heteroatoms. The van der Waals surface area contributed by atoms with E-state index in [1.54, 1.807) is 13.1 Å². The van der Waals surface area contributed by atoms with Crippen LogP contribution in [-0.4, -0.2) is 45.1 Å². The van der Waals surface area contributed by atoms with E-state index in [0.717, 1.165) is 20.7 Å². The smallest absolute Gasteiger partial charge is 0.389 e. The molecular formula is C31H40O5Si4. The standard InChI is InChI=1S/C31H40O5Si4/c1-27(2)33-38(5,6)35-40(30-23-15-9-16-24-30,31-25-17-10-18-26-31)36-39(34-37(3,4)32,28-19-11-7-12-20-28)29-21-13-8-14-22-29/h7-27,32H,1-6H3. The minimum absolute atomic E-state index is 0.00908. The maximum absolute atomic E-state index is 11.4. The van der Waals surface area contributed by atoms with Gasteiger partial charge in [-0.25, -0.2) is 0 Å². The molecule has 0 amide bonds. The lowest BCUT2D eigenvalue weighted by molar-refractivity contribution is 0.179. The zero-order valence-electron chi connectivity index (χ0n) is 24.2. The lowest BCUT2D eigenvalue weighted by atomic mass is 10.4. The summed E-state index contributed by atoms with van der Waals surface area (Å²) in [7, 11) is -13.1. The predicted octanol–water partition coefficient (Wildman–Crippen LogP) is 4.37. The van der Waals surface area contributed by atoms with Crippen molar-refractivity contribution in [3.63, 3.8) is 0 Å². The summed E-state index contributed by atoms with van der Waals surface area (Å²) in [6.07, 6.45) is -0.00908. The summed E-state index contributed by atoms with van der Waals surface area (Å²) in [6.45, 7) is 11.8.